The van der Waals surface area contributed by atoms with E-state index in [0.717, 1.165) is 29.7 Å². The van der Waals surface area contributed by atoms with Gasteiger partial charge in [0.2, 0.25) is 0 Å². The molecule has 0 unspecified atom stereocenters. The molecule has 1 amide bonds. The lowest BCUT2D eigenvalue weighted by Crippen LogP contribution is -2.52. The lowest BCUT2D eigenvalue weighted by atomic mass is 9.99. The smallest absolute Gasteiger partial charge is 0.338 e. The van der Waals surface area contributed by atoms with Crippen molar-refractivity contribution in [3.63, 3.8) is 0 Å². The molecular formula is C20H19F3N6O2. The van der Waals surface area contributed by atoms with Gasteiger partial charge in [-0.25, -0.2) is 9.36 Å². The number of carbonyl (C=O) groups is 1. The lowest BCUT2D eigenvalue weighted by Gasteiger charge is -2.39. The zero-order valence-electron chi connectivity index (χ0n) is 16.8. The second kappa shape index (κ2) is 7.64. The van der Waals surface area contributed by atoms with Gasteiger partial charge in [-0.05, 0) is 38.1 Å². The summed E-state index contributed by atoms with van der Waals surface area (Å²) >= 11 is 0. The summed E-state index contributed by atoms with van der Waals surface area (Å²) < 4.78 is 40.8. The van der Waals surface area contributed by atoms with Crippen molar-refractivity contribution in [1.29, 1.82) is 0 Å². The van der Waals surface area contributed by atoms with Gasteiger partial charge in [-0.3, -0.25) is 14.6 Å². The average molecular weight is 432 g/mol. The zero-order chi connectivity index (χ0) is 22.3. The summed E-state index contributed by atoms with van der Waals surface area (Å²) in [5.41, 5.74) is 0.512. The highest BCUT2D eigenvalue weighted by atomic mass is 19.4. The molecule has 162 valence electrons. The molecule has 0 radical (unpaired) electrons. The second-order valence-electron chi connectivity index (χ2n) is 7.56. The molecule has 0 aromatic carbocycles. The van der Waals surface area contributed by atoms with Crippen molar-refractivity contribution in [2.24, 2.45) is 5.92 Å². The first-order valence-corrected chi connectivity index (χ1v) is 9.56. The van der Waals surface area contributed by atoms with E-state index >= 15 is 0 Å². The Bertz CT molecular complexity index is 1180. The molecule has 3 aromatic rings. The first-order chi connectivity index (χ1) is 14.6. The van der Waals surface area contributed by atoms with Crippen molar-refractivity contribution in [2.75, 3.05) is 13.1 Å². The molecule has 0 atom stereocenters. The maximum atomic E-state index is 12.6. The minimum Gasteiger partial charge on any atom is -0.338 e. The van der Waals surface area contributed by atoms with Crippen LogP contribution in [0.1, 0.15) is 27.4 Å². The number of rotatable bonds is 4. The summed E-state index contributed by atoms with van der Waals surface area (Å²) in [5, 5.41) is 8.75. The number of aromatic nitrogens is 5. The van der Waals surface area contributed by atoms with E-state index in [1.54, 1.807) is 10.7 Å². The van der Waals surface area contributed by atoms with Gasteiger partial charge in [-0.15, -0.1) is 5.10 Å². The molecule has 1 fully saturated rings. The molecule has 0 spiro atoms. The molecule has 0 N–H and O–H groups in total. The summed E-state index contributed by atoms with van der Waals surface area (Å²) in [4.78, 5) is 29.5. The van der Waals surface area contributed by atoms with Crippen LogP contribution < -0.4 is 5.56 Å². The van der Waals surface area contributed by atoms with Crippen LogP contribution in [0.25, 0.3) is 5.82 Å². The van der Waals surface area contributed by atoms with E-state index in [4.69, 9.17) is 0 Å². The number of hydrogen-bond donors (Lipinski definition) is 0. The number of halogens is 3. The molecule has 3 aromatic heterocycles. The summed E-state index contributed by atoms with van der Waals surface area (Å²) in [6.45, 7) is 4.82. The van der Waals surface area contributed by atoms with Gasteiger partial charge >= 0.3 is 6.18 Å². The Labute approximate surface area is 174 Å². The minimum absolute atomic E-state index is 0.00672. The standard InChI is InChI=1S/C20H19F3N6O2/c1-12-7-13(2)29(25-12)17-5-6-18(30)28(26-17)11-14-9-27(10-14)19(31)15-3-4-16(24-8-15)20(21,22)23/h3-8,14H,9-11H2,1-2H3. The van der Waals surface area contributed by atoms with E-state index in [1.807, 2.05) is 19.9 Å². The Balaban J connectivity index is 1.41. The van der Waals surface area contributed by atoms with Crippen LogP contribution in [0.15, 0.2) is 41.3 Å². The van der Waals surface area contributed by atoms with E-state index in [2.05, 4.69) is 15.2 Å². The van der Waals surface area contributed by atoms with Crippen molar-refractivity contribution in [2.45, 2.75) is 26.6 Å². The van der Waals surface area contributed by atoms with Crippen LogP contribution in [0, 0.1) is 19.8 Å². The topological polar surface area (TPSA) is 85.9 Å². The molecule has 4 heterocycles. The third-order valence-electron chi connectivity index (χ3n) is 5.06. The summed E-state index contributed by atoms with van der Waals surface area (Å²) in [5.74, 6) is 0.134. The fourth-order valence-electron chi connectivity index (χ4n) is 3.51. The van der Waals surface area contributed by atoms with Crippen LogP contribution in [-0.2, 0) is 12.7 Å². The van der Waals surface area contributed by atoms with Crippen molar-refractivity contribution >= 4 is 5.91 Å². The van der Waals surface area contributed by atoms with Gasteiger partial charge in [0.05, 0.1) is 17.8 Å². The number of amides is 1. The maximum absolute atomic E-state index is 12.6. The predicted octanol–water partition coefficient (Wildman–Crippen LogP) is 2.23. The molecule has 31 heavy (non-hydrogen) atoms. The minimum atomic E-state index is -4.55. The summed E-state index contributed by atoms with van der Waals surface area (Å²) in [6.07, 6.45) is -3.62. The van der Waals surface area contributed by atoms with E-state index in [-0.39, 0.29) is 17.0 Å². The van der Waals surface area contributed by atoms with Gasteiger partial charge in [-0.2, -0.15) is 18.3 Å². The highest BCUT2D eigenvalue weighted by Crippen LogP contribution is 2.27. The molecule has 8 nitrogen and oxygen atoms in total. The largest absolute Gasteiger partial charge is 0.433 e. The molecule has 1 aliphatic rings. The van der Waals surface area contributed by atoms with Gasteiger partial charge in [0.15, 0.2) is 5.82 Å². The van der Waals surface area contributed by atoms with Crippen LogP contribution >= 0.6 is 0 Å². The fourth-order valence-corrected chi connectivity index (χ4v) is 3.51. The Morgan fingerprint density at radius 3 is 2.45 bits per heavy atom. The van der Waals surface area contributed by atoms with Crippen molar-refractivity contribution < 1.29 is 18.0 Å². The fraction of sp³-hybridized carbons (Fsp3) is 0.350. The van der Waals surface area contributed by atoms with E-state index in [9.17, 15) is 22.8 Å². The highest BCUT2D eigenvalue weighted by molar-refractivity contribution is 5.94. The van der Waals surface area contributed by atoms with Crippen molar-refractivity contribution in [1.82, 2.24) is 29.4 Å². The molecule has 1 aliphatic heterocycles. The van der Waals surface area contributed by atoms with E-state index < -0.39 is 17.8 Å². The second-order valence-corrected chi connectivity index (χ2v) is 7.56. The van der Waals surface area contributed by atoms with Gasteiger partial charge in [0.1, 0.15) is 5.69 Å². The molecule has 4 rings (SSSR count). The third-order valence-corrected chi connectivity index (χ3v) is 5.06. The van der Waals surface area contributed by atoms with Crippen molar-refractivity contribution in [3.8, 4) is 5.82 Å². The maximum Gasteiger partial charge on any atom is 0.433 e. The molecule has 11 heteroatoms. The first kappa shape index (κ1) is 20.8. The number of carbonyl (C=O) groups excluding carboxylic acids is 1. The van der Waals surface area contributed by atoms with Crippen LogP contribution in [0.3, 0.4) is 0 Å². The number of aryl methyl sites for hydroxylation is 2. The number of nitrogens with zero attached hydrogens (tertiary/aromatic N) is 6. The lowest BCUT2D eigenvalue weighted by molar-refractivity contribution is -0.141. The Kier molecular flexibility index (Phi) is 5.11. The normalized spacial score (nSPS) is 14.5. The highest BCUT2D eigenvalue weighted by Gasteiger charge is 2.34. The third kappa shape index (κ3) is 4.21. The first-order valence-electron chi connectivity index (χ1n) is 9.56. The molecule has 0 bridgehead atoms. The zero-order valence-corrected chi connectivity index (χ0v) is 16.8. The van der Waals surface area contributed by atoms with Crippen LogP contribution in [-0.4, -0.2) is 48.4 Å². The van der Waals surface area contributed by atoms with Crippen LogP contribution in [0.4, 0.5) is 13.2 Å². The number of likely N-dealkylation sites (tertiary alicyclic amines) is 1. The van der Waals surface area contributed by atoms with E-state index in [0.29, 0.717) is 25.5 Å². The molecule has 0 saturated carbocycles. The number of alkyl halides is 3. The van der Waals surface area contributed by atoms with Gasteiger partial charge in [-0.1, -0.05) is 0 Å². The van der Waals surface area contributed by atoms with Crippen LogP contribution in [0.5, 0.6) is 0 Å². The Morgan fingerprint density at radius 2 is 1.87 bits per heavy atom. The van der Waals surface area contributed by atoms with Gasteiger partial charge < -0.3 is 4.90 Å². The van der Waals surface area contributed by atoms with Crippen molar-refractivity contribution in [3.05, 3.63) is 69.5 Å². The number of pyridine rings is 1. The average Bonchev–Trinajstić information content (AvgIpc) is 3.02. The van der Waals surface area contributed by atoms with E-state index in [1.165, 1.54) is 15.6 Å². The Hall–Kier alpha value is -3.50. The monoisotopic (exact) mass is 432 g/mol. The molecule has 1 saturated heterocycles. The predicted molar refractivity (Wildman–Crippen MR) is 104 cm³/mol. The van der Waals surface area contributed by atoms with Gasteiger partial charge in [0.25, 0.3) is 11.5 Å². The summed E-state index contributed by atoms with van der Waals surface area (Å²) in [7, 11) is 0. The number of hydrogen-bond acceptors (Lipinski definition) is 5. The molecule has 0 aliphatic carbocycles. The Morgan fingerprint density at radius 1 is 1.13 bits per heavy atom. The SMILES string of the molecule is Cc1cc(C)n(-c2ccc(=O)n(CC3CN(C(=O)c4ccc(C(F)(F)F)nc4)C3)n2)n1. The van der Waals surface area contributed by atoms with Crippen LogP contribution in [0.2, 0.25) is 0 Å². The van der Waals surface area contributed by atoms with Gasteiger partial charge in [0, 0.05) is 37.0 Å². The quantitative estimate of drug-likeness (QED) is 0.631. The summed E-state index contributed by atoms with van der Waals surface area (Å²) in [6, 6.07) is 6.84. The molecular weight excluding hydrogens is 413 g/mol.